The lowest BCUT2D eigenvalue weighted by Crippen LogP contribution is -2.51. The number of phenols is 1. The molecule has 1 aromatic rings. The summed E-state index contributed by atoms with van der Waals surface area (Å²) in [6, 6.07) is 7.54. The number of hydrogen-bond acceptors (Lipinski definition) is 3. The molecule has 18 heavy (non-hydrogen) atoms. The molecule has 3 nitrogen and oxygen atoms in total. The zero-order chi connectivity index (χ0) is 13.0. The van der Waals surface area contributed by atoms with Crippen molar-refractivity contribution in [3.8, 4) is 5.75 Å². The van der Waals surface area contributed by atoms with Crippen molar-refractivity contribution < 1.29 is 5.11 Å². The van der Waals surface area contributed by atoms with Gasteiger partial charge >= 0.3 is 0 Å². The fourth-order valence-corrected chi connectivity index (χ4v) is 3.17. The molecule has 0 spiro atoms. The first kappa shape index (κ1) is 13.4. The predicted octanol–water partition coefficient (Wildman–Crippen LogP) is 2.49. The summed E-state index contributed by atoms with van der Waals surface area (Å²) >= 11 is 0. The first-order chi connectivity index (χ1) is 8.70. The highest BCUT2D eigenvalue weighted by Crippen LogP contribution is 2.35. The average molecular weight is 248 g/mol. The Morgan fingerprint density at radius 3 is 2.61 bits per heavy atom. The van der Waals surface area contributed by atoms with Gasteiger partial charge in [0.2, 0.25) is 0 Å². The van der Waals surface area contributed by atoms with Gasteiger partial charge in [0.05, 0.1) is 0 Å². The van der Waals surface area contributed by atoms with Gasteiger partial charge in [-0.25, -0.2) is 0 Å². The van der Waals surface area contributed by atoms with Crippen LogP contribution in [0.4, 0.5) is 0 Å². The molecule has 1 fully saturated rings. The lowest BCUT2D eigenvalue weighted by Gasteiger charge is -2.40. The largest absolute Gasteiger partial charge is 0.508 e. The van der Waals surface area contributed by atoms with Gasteiger partial charge in [-0.2, -0.15) is 0 Å². The number of phenolic OH excluding ortho intramolecular Hbond substituents is 1. The lowest BCUT2D eigenvalue weighted by molar-refractivity contribution is 0.0970. The van der Waals surface area contributed by atoms with Gasteiger partial charge in [-0.1, -0.05) is 31.9 Å². The van der Waals surface area contributed by atoms with Crippen molar-refractivity contribution in [3.05, 3.63) is 29.8 Å². The third-order valence-electron chi connectivity index (χ3n) is 4.25. The Hall–Kier alpha value is -1.06. The molecule has 100 valence electrons. The monoisotopic (exact) mass is 248 g/mol. The molecule has 0 bridgehead atoms. The molecule has 0 saturated heterocycles. The molecule has 1 aromatic carbocycles. The van der Waals surface area contributed by atoms with Crippen LogP contribution >= 0.6 is 0 Å². The van der Waals surface area contributed by atoms with Crippen LogP contribution in [-0.2, 0) is 6.54 Å². The lowest BCUT2D eigenvalue weighted by atomic mass is 9.94. The summed E-state index contributed by atoms with van der Waals surface area (Å²) in [6.07, 6.45) is 4.98. The summed E-state index contributed by atoms with van der Waals surface area (Å²) < 4.78 is 0. The van der Waals surface area contributed by atoms with Gasteiger partial charge in [0, 0.05) is 18.6 Å². The third kappa shape index (κ3) is 2.68. The minimum atomic E-state index is 0.181. The number of aromatic hydroxyl groups is 1. The maximum Gasteiger partial charge on any atom is 0.115 e. The molecule has 0 radical (unpaired) electrons. The van der Waals surface area contributed by atoms with Crippen molar-refractivity contribution in [2.75, 3.05) is 13.1 Å². The Balaban J connectivity index is 2.13. The zero-order valence-electron chi connectivity index (χ0n) is 11.2. The molecule has 0 heterocycles. The fourth-order valence-electron chi connectivity index (χ4n) is 3.17. The van der Waals surface area contributed by atoms with Gasteiger partial charge < -0.3 is 10.8 Å². The van der Waals surface area contributed by atoms with Crippen molar-refractivity contribution >= 4 is 0 Å². The van der Waals surface area contributed by atoms with Gasteiger partial charge in [-0.3, -0.25) is 4.90 Å². The van der Waals surface area contributed by atoms with E-state index in [1.807, 2.05) is 12.1 Å². The van der Waals surface area contributed by atoms with E-state index < -0.39 is 0 Å². The van der Waals surface area contributed by atoms with E-state index in [1.54, 1.807) is 6.07 Å². The van der Waals surface area contributed by atoms with E-state index in [0.717, 1.165) is 25.2 Å². The summed E-state index contributed by atoms with van der Waals surface area (Å²) in [6.45, 7) is 4.81. The maximum absolute atomic E-state index is 9.54. The second-order valence-electron chi connectivity index (χ2n) is 5.32. The molecular formula is C15H24N2O. The van der Waals surface area contributed by atoms with Crippen molar-refractivity contribution in [2.24, 2.45) is 5.73 Å². The van der Waals surface area contributed by atoms with Crippen LogP contribution < -0.4 is 5.73 Å². The molecule has 0 atom stereocenters. The van der Waals surface area contributed by atoms with Gasteiger partial charge in [-0.15, -0.1) is 0 Å². The van der Waals surface area contributed by atoms with Crippen LogP contribution in [0.15, 0.2) is 24.3 Å². The van der Waals surface area contributed by atoms with Gasteiger partial charge in [0.25, 0.3) is 0 Å². The average Bonchev–Trinajstić information content (AvgIpc) is 2.86. The summed E-state index contributed by atoms with van der Waals surface area (Å²) in [5, 5.41) is 9.54. The minimum Gasteiger partial charge on any atom is -0.508 e. The van der Waals surface area contributed by atoms with Crippen molar-refractivity contribution in [1.82, 2.24) is 4.90 Å². The second-order valence-corrected chi connectivity index (χ2v) is 5.32. The topological polar surface area (TPSA) is 49.5 Å². The molecular weight excluding hydrogens is 224 g/mol. The Morgan fingerprint density at radius 1 is 1.33 bits per heavy atom. The van der Waals surface area contributed by atoms with Crippen molar-refractivity contribution in [2.45, 2.75) is 44.7 Å². The molecule has 2 rings (SSSR count). The first-order valence-electron chi connectivity index (χ1n) is 6.93. The van der Waals surface area contributed by atoms with E-state index in [-0.39, 0.29) is 5.54 Å². The smallest absolute Gasteiger partial charge is 0.115 e. The van der Waals surface area contributed by atoms with Crippen LogP contribution in [0.3, 0.4) is 0 Å². The predicted molar refractivity (Wildman–Crippen MR) is 74.4 cm³/mol. The molecule has 3 heteroatoms. The first-order valence-corrected chi connectivity index (χ1v) is 6.93. The van der Waals surface area contributed by atoms with Crippen LogP contribution in [0.1, 0.15) is 38.2 Å². The van der Waals surface area contributed by atoms with Crippen LogP contribution in [0, 0.1) is 0 Å². The fraction of sp³-hybridized carbons (Fsp3) is 0.600. The van der Waals surface area contributed by atoms with Crippen LogP contribution in [0.2, 0.25) is 0 Å². The zero-order valence-corrected chi connectivity index (χ0v) is 11.2. The summed E-state index contributed by atoms with van der Waals surface area (Å²) in [5.41, 5.74) is 7.38. The van der Waals surface area contributed by atoms with Crippen molar-refractivity contribution in [1.29, 1.82) is 0 Å². The van der Waals surface area contributed by atoms with E-state index in [4.69, 9.17) is 5.73 Å². The van der Waals surface area contributed by atoms with E-state index in [2.05, 4.69) is 17.9 Å². The molecule has 1 aliphatic rings. The molecule has 0 aliphatic heterocycles. The van der Waals surface area contributed by atoms with Crippen molar-refractivity contribution in [3.63, 3.8) is 0 Å². The number of likely N-dealkylation sites (N-methyl/N-ethyl adjacent to an activating group) is 1. The van der Waals surface area contributed by atoms with Gasteiger partial charge in [0.15, 0.2) is 0 Å². The second kappa shape index (κ2) is 5.72. The molecule has 1 aliphatic carbocycles. The molecule has 3 N–H and O–H groups in total. The number of hydrogen-bond donors (Lipinski definition) is 2. The number of rotatable bonds is 5. The van der Waals surface area contributed by atoms with Gasteiger partial charge in [0.1, 0.15) is 5.75 Å². The number of nitrogens with zero attached hydrogens (tertiary/aromatic N) is 1. The Kier molecular flexibility index (Phi) is 4.25. The van der Waals surface area contributed by atoms with Crippen LogP contribution in [-0.4, -0.2) is 28.6 Å². The summed E-state index contributed by atoms with van der Waals surface area (Å²) in [7, 11) is 0. The Labute approximate surface area is 110 Å². The summed E-state index contributed by atoms with van der Waals surface area (Å²) in [5.74, 6) is 0.344. The van der Waals surface area contributed by atoms with E-state index in [0.29, 0.717) is 5.75 Å². The van der Waals surface area contributed by atoms with Crippen LogP contribution in [0.25, 0.3) is 0 Å². The quantitative estimate of drug-likeness (QED) is 0.841. The third-order valence-corrected chi connectivity index (χ3v) is 4.25. The van der Waals surface area contributed by atoms with Crippen LogP contribution in [0.5, 0.6) is 5.75 Å². The standard InChI is InChI=1S/C15H24N2O/c1-2-17(15(12-16)8-3-4-9-15)11-13-6-5-7-14(18)10-13/h5-7,10,18H,2-4,8-9,11-12,16H2,1H3. The SMILES string of the molecule is CCN(Cc1cccc(O)c1)C1(CN)CCCC1. The Bertz CT molecular complexity index is 386. The maximum atomic E-state index is 9.54. The highest BCUT2D eigenvalue weighted by Gasteiger charge is 2.37. The minimum absolute atomic E-state index is 0.181. The highest BCUT2D eigenvalue weighted by molar-refractivity contribution is 5.27. The molecule has 0 unspecified atom stereocenters. The molecule has 1 saturated carbocycles. The highest BCUT2D eigenvalue weighted by atomic mass is 16.3. The molecule has 0 aromatic heterocycles. The van der Waals surface area contributed by atoms with Gasteiger partial charge in [-0.05, 0) is 37.1 Å². The van der Waals surface area contributed by atoms with E-state index >= 15 is 0 Å². The Morgan fingerprint density at radius 2 is 2.06 bits per heavy atom. The van der Waals surface area contributed by atoms with E-state index in [1.165, 1.54) is 25.7 Å². The van der Waals surface area contributed by atoms with E-state index in [9.17, 15) is 5.11 Å². The summed E-state index contributed by atoms with van der Waals surface area (Å²) in [4.78, 5) is 2.48. The number of nitrogens with two attached hydrogens (primary N) is 1. The number of benzene rings is 1. The normalized spacial score (nSPS) is 18.4. The molecule has 0 amide bonds.